The third kappa shape index (κ3) is 7.82. The van der Waals surface area contributed by atoms with E-state index in [1.54, 1.807) is 6.20 Å². The molecule has 0 aromatic carbocycles. The average Bonchev–Trinajstić information content (AvgIpc) is 2.41. The number of pyridine rings is 1. The van der Waals surface area contributed by atoms with E-state index in [9.17, 15) is 0 Å². The van der Waals surface area contributed by atoms with Crippen molar-refractivity contribution in [1.29, 1.82) is 0 Å². The summed E-state index contributed by atoms with van der Waals surface area (Å²) in [5.41, 5.74) is 6.39. The largest absolute Gasteiger partial charge is 0.376 e. The summed E-state index contributed by atoms with van der Waals surface area (Å²) >= 11 is 10.9. The Balaban J connectivity index is 2.41. The summed E-state index contributed by atoms with van der Waals surface area (Å²) in [4.78, 5) is 8.67. The van der Waals surface area contributed by atoms with Gasteiger partial charge >= 0.3 is 0 Å². The lowest BCUT2D eigenvalue weighted by atomic mass is 10.2. The number of rotatable bonds is 6. The molecule has 1 rings (SSSR count). The van der Waals surface area contributed by atoms with Crippen LogP contribution in [0.2, 0.25) is 5.02 Å². The molecule has 0 aliphatic heterocycles. The van der Waals surface area contributed by atoms with Gasteiger partial charge in [0.2, 0.25) is 0 Å². The predicted molar refractivity (Wildman–Crippen MR) is 92.6 cm³/mol. The molecule has 1 aromatic heterocycles. The van der Waals surface area contributed by atoms with Crippen molar-refractivity contribution in [3.63, 3.8) is 0 Å². The molecule has 116 valence electrons. The van der Waals surface area contributed by atoms with E-state index in [0.29, 0.717) is 23.4 Å². The summed E-state index contributed by atoms with van der Waals surface area (Å²) in [6, 6.07) is 3.67. The number of aryl methyl sites for hydroxylation is 1. The minimum absolute atomic E-state index is 0.206. The number of aromatic nitrogens is 1. The van der Waals surface area contributed by atoms with Gasteiger partial charge in [-0.2, -0.15) is 0 Å². The number of guanidine groups is 1. The van der Waals surface area contributed by atoms with Crippen LogP contribution in [0.4, 0.5) is 0 Å². The molecule has 0 saturated heterocycles. The van der Waals surface area contributed by atoms with E-state index in [1.165, 1.54) is 0 Å². The van der Waals surface area contributed by atoms with Gasteiger partial charge in [-0.3, -0.25) is 9.98 Å². The van der Waals surface area contributed by atoms with Gasteiger partial charge < -0.3 is 16.4 Å². The van der Waals surface area contributed by atoms with Crippen LogP contribution in [-0.4, -0.2) is 29.1 Å². The van der Waals surface area contributed by atoms with Gasteiger partial charge in [0.1, 0.15) is 0 Å². The Bertz CT molecular complexity index is 490. The number of hydrogen-bond acceptors (Lipinski definition) is 3. The molecule has 5 nitrogen and oxygen atoms in total. The molecule has 21 heavy (non-hydrogen) atoms. The molecule has 0 bridgehead atoms. The van der Waals surface area contributed by atoms with Crippen molar-refractivity contribution in [1.82, 2.24) is 15.6 Å². The van der Waals surface area contributed by atoms with Crippen molar-refractivity contribution < 1.29 is 0 Å². The molecular formula is C14H22ClN5S. The first kappa shape index (κ1) is 17.7. The lowest BCUT2D eigenvalue weighted by Gasteiger charge is -2.12. The van der Waals surface area contributed by atoms with E-state index in [2.05, 4.69) is 34.5 Å². The Morgan fingerprint density at radius 1 is 1.52 bits per heavy atom. The first-order chi connectivity index (χ1) is 9.99. The smallest absolute Gasteiger partial charge is 0.197 e. The summed E-state index contributed by atoms with van der Waals surface area (Å²) in [6.07, 6.45) is 3.44. The lowest BCUT2D eigenvalue weighted by Crippen LogP contribution is -2.44. The second-order valence-corrected chi connectivity index (χ2v) is 5.88. The van der Waals surface area contributed by atoms with Gasteiger partial charge in [0.05, 0.1) is 10.7 Å². The molecule has 0 fully saturated rings. The summed E-state index contributed by atoms with van der Waals surface area (Å²) in [5.74, 6) is 1.09. The Kier molecular flexibility index (Phi) is 8.00. The first-order valence-corrected chi connectivity index (χ1v) is 7.72. The van der Waals surface area contributed by atoms with Crippen molar-refractivity contribution in [2.24, 2.45) is 16.6 Å². The Morgan fingerprint density at radius 2 is 2.29 bits per heavy atom. The third-order valence-corrected chi connectivity index (χ3v) is 3.02. The summed E-state index contributed by atoms with van der Waals surface area (Å²) in [6.45, 7) is 5.65. The van der Waals surface area contributed by atoms with Crippen molar-refractivity contribution >= 4 is 34.9 Å². The van der Waals surface area contributed by atoms with Crippen LogP contribution < -0.4 is 16.4 Å². The van der Waals surface area contributed by atoms with E-state index >= 15 is 0 Å². The monoisotopic (exact) mass is 327 g/mol. The lowest BCUT2D eigenvalue weighted by molar-refractivity contribution is 0.658. The zero-order valence-electron chi connectivity index (χ0n) is 12.4. The van der Waals surface area contributed by atoms with Crippen molar-refractivity contribution in [2.45, 2.75) is 26.7 Å². The van der Waals surface area contributed by atoms with Gasteiger partial charge in [-0.05, 0) is 43.1 Å². The highest BCUT2D eigenvalue weighted by molar-refractivity contribution is 7.80. The van der Waals surface area contributed by atoms with E-state index in [0.717, 1.165) is 25.1 Å². The maximum Gasteiger partial charge on any atom is 0.197 e. The van der Waals surface area contributed by atoms with Crippen LogP contribution in [0, 0.1) is 5.92 Å². The number of hydrogen-bond donors (Lipinski definition) is 3. The minimum Gasteiger partial charge on any atom is -0.376 e. The Morgan fingerprint density at radius 3 is 2.90 bits per heavy atom. The highest BCUT2D eigenvalue weighted by Crippen LogP contribution is 2.13. The molecule has 0 unspecified atom stereocenters. The quantitative estimate of drug-likeness (QED) is 0.323. The third-order valence-electron chi connectivity index (χ3n) is 2.57. The van der Waals surface area contributed by atoms with Crippen LogP contribution in [-0.2, 0) is 6.42 Å². The normalized spacial score (nSPS) is 11.5. The Hall–Kier alpha value is -1.40. The topological polar surface area (TPSA) is 75.3 Å². The number of nitrogens with one attached hydrogen (secondary N) is 2. The summed E-state index contributed by atoms with van der Waals surface area (Å²) in [7, 11) is 0. The first-order valence-electron chi connectivity index (χ1n) is 6.93. The van der Waals surface area contributed by atoms with Crippen LogP contribution in [0.25, 0.3) is 0 Å². The highest BCUT2D eigenvalue weighted by atomic mass is 35.5. The fourth-order valence-electron chi connectivity index (χ4n) is 1.60. The second kappa shape index (κ2) is 9.52. The Labute approximate surface area is 136 Å². The van der Waals surface area contributed by atoms with Crippen molar-refractivity contribution in [3.05, 3.63) is 29.0 Å². The zero-order chi connectivity index (χ0) is 15.7. The van der Waals surface area contributed by atoms with E-state index < -0.39 is 0 Å². The molecule has 0 spiro atoms. The number of aliphatic imine (C=N–C) groups is 1. The standard InChI is InChI=1S/C14H22ClN5S/c1-10(2)9-19-14(20-13(16)21)18-8-4-6-12-11(15)5-3-7-17-12/h3,5,7,10H,4,6,8-9H2,1-2H3,(H4,16,18,19,20,21). The van der Waals surface area contributed by atoms with Crippen LogP contribution in [0.3, 0.4) is 0 Å². The maximum absolute atomic E-state index is 6.07. The van der Waals surface area contributed by atoms with Crippen LogP contribution >= 0.6 is 23.8 Å². The maximum atomic E-state index is 6.07. The summed E-state index contributed by atoms with van der Waals surface area (Å²) in [5, 5.41) is 6.96. The molecule has 0 radical (unpaired) electrons. The fraction of sp³-hybridized carbons (Fsp3) is 0.500. The molecular weight excluding hydrogens is 306 g/mol. The average molecular weight is 328 g/mol. The molecule has 0 aliphatic rings. The molecule has 0 atom stereocenters. The molecule has 1 heterocycles. The fourth-order valence-corrected chi connectivity index (χ4v) is 1.91. The molecule has 4 N–H and O–H groups in total. The molecule has 0 amide bonds. The zero-order valence-corrected chi connectivity index (χ0v) is 14.0. The predicted octanol–water partition coefficient (Wildman–Crippen LogP) is 2.10. The van der Waals surface area contributed by atoms with Gasteiger partial charge in [0, 0.05) is 19.3 Å². The van der Waals surface area contributed by atoms with Crippen LogP contribution in [0.1, 0.15) is 26.0 Å². The van der Waals surface area contributed by atoms with Gasteiger partial charge in [-0.1, -0.05) is 25.4 Å². The number of halogens is 1. The van der Waals surface area contributed by atoms with Gasteiger partial charge in [0.15, 0.2) is 11.1 Å². The second-order valence-electron chi connectivity index (χ2n) is 5.03. The minimum atomic E-state index is 0.206. The van der Waals surface area contributed by atoms with Gasteiger partial charge in [-0.15, -0.1) is 0 Å². The van der Waals surface area contributed by atoms with E-state index in [-0.39, 0.29) is 5.11 Å². The number of nitrogens with two attached hydrogens (primary N) is 1. The van der Waals surface area contributed by atoms with Gasteiger partial charge in [0.25, 0.3) is 0 Å². The van der Waals surface area contributed by atoms with Crippen molar-refractivity contribution in [3.8, 4) is 0 Å². The molecule has 0 saturated carbocycles. The number of thiocarbonyl (C=S) groups is 1. The highest BCUT2D eigenvalue weighted by Gasteiger charge is 2.03. The van der Waals surface area contributed by atoms with E-state index in [4.69, 9.17) is 29.6 Å². The molecule has 1 aromatic rings. The van der Waals surface area contributed by atoms with Crippen molar-refractivity contribution in [2.75, 3.05) is 13.1 Å². The summed E-state index contributed by atoms with van der Waals surface area (Å²) < 4.78 is 0. The van der Waals surface area contributed by atoms with Crippen LogP contribution in [0.5, 0.6) is 0 Å². The van der Waals surface area contributed by atoms with Crippen LogP contribution in [0.15, 0.2) is 23.3 Å². The van der Waals surface area contributed by atoms with E-state index in [1.807, 2.05) is 12.1 Å². The molecule has 7 heteroatoms. The van der Waals surface area contributed by atoms with Gasteiger partial charge in [-0.25, -0.2) is 0 Å². The molecule has 0 aliphatic carbocycles. The SMILES string of the molecule is CC(C)CN=C(NCCCc1ncccc1Cl)NC(N)=S. The number of nitrogens with zero attached hydrogens (tertiary/aromatic N) is 2.